The van der Waals surface area contributed by atoms with Crippen molar-refractivity contribution in [1.29, 1.82) is 0 Å². The van der Waals surface area contributed by atoms with Crippen LogP contribution < -0.4 is 0 Å². The van der Waals surface area contributed by atoms with Crippen LogP contribution in [0.25, 0.3) is 0 Å². The first kappa shape index (κ1) is 30.9. The van der Waals surface area contributed by atoms with Crippen molar-refractivity contribution in [3.05, 3.63) is 23.3 Å². The fourth-order valence-electron chi connectivity index (χ4n) is 5.08. The fraction of sp³-hybridized carbons (Fsp3) is 0.812. The number of rotatable bonds is 24. The monoisotopic (exact) mass is 474 g/mol. The van der Waals surface area contributed by atoms with Crippen molar-refractivity contribution in [2.24, 2.45) is 0 Å². The summed E-state index contributed by atoms with van der Waals surface area (Å²) in [6.45, 7) is 4.55. The van der Waals surface area contributed by atoms with E-state index in [9.17, 15) is 10.2 Å². The van der Waals surface area contributed by atoms with Crippen LogP contribution in [0, 0.1) is 0 Å². The molecule has 0 aliphatic heterocycles. The molecule has 1 aromatic rings. The largest absolute Gasteiger partial charge is 0.508 e. The van der Waals surface area contributed by atoms with Gasteiger partial charge in [0.1, 0.15) is 11.5 Å². The number of phenols is 2. The number of benzene rings is 1. The van der Waals surface area contributed by atoms with Gasteiger partial charge in [-0.25, -0.2) is 0 Å². The molecule has 0 heterocycles. The lowest BCUT2D eigenvalue weighted by Crippen LogP contribution is -1.94. The molecule has 198 valence electrons. The Balaban J connectivity index is 2.12. The molecule has 0 aliphatic rings. The molecule has 1 aromatic carbocycles. The minimum absolute atomic E-state index is 0.314. The van der Waals surface area contributed by atoms with Gasteiger partial charge in [-0.2, -0.15) is 0 Å². The van der Waals surface area contributed by atoms with Crippen LogP contribution in [0.15, 0.2) is 12.1 Å². The van der Waals surface area contributed by atoms with Crippen molar-refractivity contribution in [1.82, 2.24) is 0 Å². The number of unbranched alkanes of at least 4 members (excludes halogenated alkanes) is 20. The number of phenolic OH excluding ortho intramolecular Hbond substituents is 2. The SMILES string of the molecule is CCCCCCCCCCCCCc1cc(O)cc(CCCCCCCCCCCCC)c1O. The molecule has 0 amide bonds. The van der Waals surface area contributed by atoms with Crippen molar-refractivity contribution < 1.29 is 10.2 Å². The third-order valence-electron chi connectivity index (χ3n) is 7.35. The van der Waals surface area contributed by atoms with Crippen molar-refractivity contribution >= 4 is 0 Å². The minimum Gasteiger partial charge on any atom is -0.508 e. The van der Waals surface area contributed by atoms with E-state index in [1.807, 2.05) is 0 Å². The molecule has 0 bridgehead atoms. The van der Waals surface area contributed by atoms with Crippen molar-refractivity contribution in [3.63, 3.8) is 0 Å². The first-order chi connectivity index (χ1) is 16.7. The van der Waals surface area contributed by atoms with Crippen LogP contribution in [0.3, 0.4) is 0 Å². The van der Waals surface area contributed by atoms with Gasteiger partial charge in [0.25, 0.3) is 0 Å². The summed E-state index contributed by atoms with van der Waals surface area (Å²) in [4.78, 5) is 0. The van der Waals surface area contributed by atoms with E-state index in [1.165, 1.54) is 128 Å². The van der Waals surface area contributed by atoms with Gasteiger partial charge in [0.2, 0.25) is 0 Å². The second-order valence-electron chi connectivity index (χ2n) is 10.7. The minimum atomic E-state index is 0.314. The average Bonchev–Trinajstić information content (AvgIpc) is 2.83. The predicted octanol–water partition coefficient (Wildman–Crippen LogP) is 10.8. The Morgan fingerprint density at radius 2 is 0.676 bits per heavy atom. The molecular formula is C32H58O2. The number of hydrogen-bond acceptors (Lipinski definition) is 2. The summed E-state index contributed by atoms with van der Waals surface area (Å²) >= 11 is 0. The van der Waals surface area contributed by atoms with Gasteiger partial charge in [0.15, 0.2) is 0 Å². The zero-order valence-corrected chi connectivity index (χ0v) is 23.0. The molecule has 2 heteroatoms. The van der Waals surface area contributed by atoms with E-state index in [0.29, 0.717) is 11.5 Å². The molecule has 2 nitrogen and oxygen atoms in total. The highest BCUT2D eigenvalue weighted by atomic mass is 16.3. The summed E-state index contributed by atoms with van der Waals surface area (Å²) in [6.07, 6.45) is 31.1. The lowest BCUT2D eigenvalue weighted by Gasteiger charge is -2.11. The highest BCUT2D eigenvalue weighted by molar-refractivity contribution is 5.46. The number of hydrogen-bond donors (Lipinski definition) is 2. The molecule has 0 aliphatic carbocycles. The van der Waals surface area contributed by atoms with Crippen molar-refractivity contribution in [2.75, 3.05) is 0 Å². The van der Waals surface area contributed by atoms with Crippen LogP contribution in [0.1, 0.15) is 166 Å². The molecule has 1 rings (SSSR count). The van der Waals surface area contributed by atoms with Crippen LogP contribution in [0.2, 0.25) is 0 Å². The maximum Gasteiger partial charge on any atom is 0.122 e. The Labute approximate surface area is 213 Å². The van der Waals surface area contributed by atoms with Gasteiger partial charge in [0, 0.05) is 0 Å². The van der Waals surface area contributed by atoms with Crippen LogP contribution in [-0.4, -0.2) is 10.2 Å². The summed E-state index contributed by atoms with van der Waals surface area (Å²) < 4.78 is 0. The highest BCUT2D eigenvalue weighted by Crippen LogP contribution is 2.31. The predicted molar refractivity (Wildman–Crippen MR) is 150 cm³/mol. The van der Waals surface area contributed by atoms with Gasteiger partial charge >= 0.3 is 0 Å². The fourth-order valence-corrected chi connectivity index (χ4v) is 5.08. The molecule has 0 atom stereocenters. The summed E-state index contributed by atoms with van der Waals surface area (Å²) in [6, 6.07) is 3.55. The van der Waals surface area contributed by atoms with Crippen molar-refractivity contribution in [2.45, 2.75) is 168 Å². The molecule has 0 saturated carbocycles. The first-order valence-electron chi connectivity index (χ1n) is 15.2. The van der Waals surface area contributed by atoms with E-state index in [0.717, 1.165) is 36.8 Å². The maximum atomic E-state index is 10.7. The lowest BCUT2D eigenvalue weighted by molar-refractivity contribution is 0.444. The Morgan fingerprint density at radius 1 is 0.412 bits per heavy atom. The smallest absolute Gasteiger partial charge is 0.122 e. The quantitative estimate of drug-likeness (QED) is 0.115. The molecule has 2 N–H and O–H groups in total. The van der Waals surface area contributed by atoms with E-state index >= 15 is 0 Å². The van der Waals surface area contributed by atoms with Crippen LogP contribution in [0.4, 0.5) is 0 Å². The van der Waals surface area contributed by atoms with E-state index in [-0.39, 0.29) is 0 Å². The average molecular weight is 475 g/mol. The molecule has 0 spiro atoms. The Bertz CT molecular complexity index is 533. The van der Waals surface area contributed by atoms with E-state index in [4.69, 9.17) is 0 Å². The van der Waals surface area contributed by atoms with Gasteiger partial charge in [-0.3, -0.25) is 0 Å². The summed E-state index contributed by atoms with van der Waals surface area (Å²) in [5.74, 6) is 0.755. The summed E-state index contributed by atoms with van der Waals surface area (Å²) in [5, 5.41) is 20.9. The van der Waals surface area contributed by atoms with Gasteiger partial charge in [-0.1, -0.05) is 142 Å². The van der Waals surface area contributed by atoms with E-state index < -0.39 is 0 Å². The van der Waals surface area contributed by atoms with Gasteiger partial charge in [-0.05, 0) is 48.9 Å². The standard InChI is InChI=1S/C32H58O2/c1-3-5-7-9-11-13-15-17-19-21-23-25-29-27-31(33)28-30(32(29)34)26-24-22-20-18-16-14-12-10-8-6-4-2/h27-28,33-34H,3-26H2,1-2H3. The summed E-state index contributed by atoms with van der Waals surface area (Å²) in [5.41, 5.74) is 1.88. The van der Waals surface area contributed by atoms with Crippen LogP contribution in [0.5, 0.6) is 11.5 Å². The maximum absolute atomic E-state index is 10.7. The Hall–Kier alpha value is -1.18. The molecule has 0 radical (unpaired) electrons. The second-order valence-corrected chi connectivity index (χ2v) is 10.7. The molecule has 0 saturated heterocycles. The third-order valence-corrected chi connectivity index (χ3v) is 7.35. The molecule has 0 unspecified atom stereocenters. The molecular weight excluding hydrogens is 416 g/mol. The second kappa shape index (κ2) is 22.3. The van der Waals surface area contributed by atoms with Crippen LogP contribution in [-0.2, 0) is 12.8 Å². The first-order valence-corrected chi connectivity index (χ1v) is 15.2. The van der Waals surface area contributed by atoms with Crippen LogP contribution >= 0.6 is 0 Å². The number of aromatic hydroxyl groups is 2. The molecule has 0 aromatic heterocycles. The summed E-state index contributed by atoms with van der Waals surface area (Å²) in [7, 11) is 0. The Kier molecular flexibility index (Phi) is 20.2. The van der Waals surface area contributed by atoms with Crippen molar-refractivity contribution in [3.8, 4) is 11.5 Å². The lowest BCUT2D eigenvalue weighted by atomic mass is 9.97. The zero-order valence-electron chi connectivity index (χ0n) is 23.0. The molecule has 0 fully saturated rings. The van der Waals surface area contributed by atoms with Gasteiger partial charge in [0.05, 0.1) is 0 Å². The normalized spacial score (nSPS) is 11.4. The van der Waals surface area contributed by atoms with E-state index in [2.05, 4.69) is 13.8 Å². The third kappa shape index (κ3) is 16.4. The molecule has 34 heavy (non-hydrogen) atoms. The number of aryl methyl sites for hydroxylation is 2. The van der Waals surface area contributed by atoms with E-state index in [1.54, 1.807) is 12.1 Å². The topological polar surface area (TPSA) is 40.5 Å². The van der Waals surface area contributed by atoms with Gasteiger partial charge < -0.3 is 10.2 Å². The highest BCUT2D eigenvalue weighted by Gasteiger charge is 2.10. The van der Waals surface area contributed by atoms with Gasteiger partial charge in [-0.15, -0.1) is 0 Å². The zero-order chi connectivity index (χ0) is 24.7. The Morgan fingerprint density at radius 3 is 0.971 bits per heavy atom.